The van der Waals surface area contributed by atoms with Crippen LogP contribution in [0.1, 0.15) is 51.6 Å². The zero-order valence-electron chi connectivity index (χ0n) is 11.4. The third-order valence-corrected chi connectivity index (χ3v) is 3.50. The Morgan fingerprint density at radius 1 is 1.47 bits per heavy atom. The van der Waals surface area contributed by atoms with Gasteiger partial charge in [0.15, 0.2) is 0 Å². The van der Waals surface area contributed by atoms with Gasteiger partial charge in [-0.1, -0.05) is 26.7 Å². The number of hydrogen-bond donors (Lipinski definition) is 1. The van der Waals surface area contributed by atoms with E-state index in [4.69, 9.17) is 0 Å². The minimum absolute atomic E-state index is 0.597. The van der Waals surface area contributed by atoms with Crippen LogP contribution in [0.3, 0.4) is 0 Å². The number of nitrogens with one attached hydrogen (secondary N) is 1. The first-order valence-electron chi connectivity index (χ1n) is 7.03. The van der Waals surface area contributed by atoms with Gasteiger partial charge in [0.1, 0.15) is 0 Å². The normalized spacial score (nSPS) is 17.1. The molecule has 17 heavy (non-hydrogen) atoms. The Morgan fingerprint density at radius 3 is 2.82 bits per heavy atom. The van der Waals surface area contributed by atoms with Gasteiger partial charge >= 0.3 is 0 Å². The van der Waals surface area contributed by atoms with Gasteiger partial charge in [-0.3, -0.25) is 0 Å². The van der Waals surface area contributed by atoms with Gasteiger partial charge in [0.2, 0.25) is 5.95 Å². The number of nitrogens with zero attached hydrogens (tertiary/aromatic N) is 2. The van der Waals surface area contributed by atoms with Crippen molar-refractivity contribution in [2.24, 2.45) is 5.92 Å². The molecule has 96 valence electrons. The van der Waals surface area contributed by atoms with Crippen molar-refractivity contribution in [3.8, 4) is 0 Å². The monoisotopic (exact) mass is 235 g/mol. The van der Waals surface area contributed by atoms with E-state index in [1.165, 1.54) is 25.7 Å². The quantitative estimate of drug-likeness (QED) is 0.782. The number of aromatic nitrogens is 2. The van der Waals surface area contributed by atoms with Crippen LogP contribution in [0, 0.1) is 12.8 Å². The summed E-state index contributed by atoms with van der Waals surface area (Å²) in [5.41, 5.74) is 1.11. The van der Waals surface area contributed by atoms with Crippen molar-refractivity contribution in [2.45, 2.75) is 65.5 Å². The Morgan fingerprint density at radius 2 is 2.24 bits per heavy atom. The number of imidazole rings is 1. The van der Waals surface area contributed by atoms with Crippen molar-refractivity contribution < 1.29 is 0 Å². The average Bonchev–Trinajstić information content (AvgIpc) is 3.04. The standard InChI is InChI=1S/C14H25N3/c1-4-8-17-10-11(3)15-14(17)16-13(5-2)9-12-6-7-12/h10,12-13H,4-9H2,1-3H3,(H,15,16). The Bertz CT molecular complexity index is 352. The molecule has 1 atom stereocenters. The van der Waals surface area contributed by atoms with Crippen molar-refractivity contribution in [1.82, 2.24) is 9.55 Å². The summed E-state index contributed by atoms with van der Waals surface area (Å²) in [4.78, 5) is 4.60. The van der Waals surface area contributed by atoms with E-state index >= 15 is 0 Å². The Labute approximate surface area is 105 Å². The van der Waals surface area contributed by atoms with Crippen LogP contribution in [0.2, 0.25) is 0 Å². The SMILES string of the molecule is CCCn1cc(C)nc1NC(CC)CC1CC1. The molecule has 0 amide bonds. The summed E-state index contributed by atoms with van der Waals surface area (Å²) in [5.74, 6) is 2.04. The summed E-state index contributed by atoms with van der Waals surface area (Å²) in [6.07, 6.45) is 8.67. The number of hydrogen-bond acceptors (Lipinski definition) is 2. The van der Waals surface area contributed by atoms with E-state index in [2.05, 4.69) is 41.8 Å². The lowest BCUT2D eigenvalue weighted by Crippen LogP contribution is -2.21. The molecule has 2 rings (SSSR count). The molecule has 0 bridgehead atoms. The summed E-state index contributed by atoms with van der Waals surface area (Å²) in [6, 6.07) is 0.597. The van der Waals surface area contributed by atoms with Gasteiger partial charge in [-0.15, -0.1) is 0 Å². The molecular formula is C14H25N3. The second-order valence-electron chi connectivity index (χ2n) is 5.33. The van der Waals surface area contributed by atoms with Crippen LogP contribution in [0.4, 0.5) is 5.95 Å². The Balaban J connectivity index is 1.98. The first kappa shape index (κ1) is 12.5. The third kappa shape index (κ3) is 3.48. The summed E-state index contributed by atoms with van der Waals surface area (Å²) < 4.78 is 2.25. The van der Waals surface area contributed by atoms with Crippen molar-refractivity contribution in [2.75, 3.05) is 5.32 Å². The Hall–Kier alpha value is -0.990. The van der Waals surface area contributed by atoms with Crippen LogP contribution in [-0.4, -0.2) is 15.6 Å². The van der Waals surface area contributed by atoms with E-state index in [1.807, 2.05) is 0 Å². The highest BCUT2D eigenvalue weighted by Gasteiger charge is 2.25. The minimum Gasteiger partial charge on any atom is -0.353 e. The molecule has 1 N–H and O–H groups in total. The van der Waals surface area contributed by atoms with Crippen LogP contribution in [0.15, 0.2) is 6.20 Å². The highest BCUT2D eigenvalue weighted by molar-refractivity contribution is 5.30. The molecule has 0 saturated heterocycles. The van der Waals surface area contributed by atoms with E-state index in [-0.39, 0.29) is 0 Å². The molecule has 1 saturated carbocycles. The molecule has 1 fully saturated rings. The van der Waals surface area contributed by atoms with E-state index < -0.39 is 0 Å². The fourth-order valence-electron chi connectivity index (χ4n) is 2.34. The molecule has 0 aliphatic heterocycles. The minimum atomic E-state index is 0.597. The summed E-state index contributed by atoms with van der Waals surface area (Å²) in [5, 5.41) is 3.63. The number of rotatable bonds is 7. The highest BCUT2D eigenvalue weighted by atomic mass is 15.2. The second-order valence-corrected chi connectivity index (χ2v) is 5.33. The zero-order chi connectivity index (χ0) is 12.3. The molecule has 1 aliphatic carbocycles. The van der Waals surface area contributed by atoms with Gasteiger partial charge in [-0.2, -0.15) is 0 Å². The maximum Gasteiger partial charge on any atom is 0.203 e. The molecule has 0 radical (unpaired) electrons. The van der Waals surface area contributed by atoms with Crippen molar-refractivity contribution in [1.29, 1.82) is 0 Å². The topological polar surface area (TPSA) is 29.9 Å². The van der Waals surface area contributed by atoms with E-state index in [1.54, 1.807) is 0 Å². The van der Waals surface area contributed by atoms with Gasteiger partial charge in [-0.05, 0) is 32.1 Å². The van der Waals surface area contributed by atoms with Crippen LogP contribution >= 0.6 is 0 Å². The number of anilines is 1. The first-order chi connectivity index (χ1) is 8.22. The van der Waals surface area contributed by atoms with Crippen LogP contribution in [0.5, 0.6) is 0 Å². The zero-order valence-corrected chi connectivity index (χ0v) is 11.4. The molecule has 3 heteroatoms. The maximum atomic E-state index is 4.60. The van der Waals surface area contributed by atoms with Crippen LogP contribution in [0.25, 0.3) is 0 Å². The molecule has 0 spiro atoms. The van der Waals surface area contributed by atoms with Crippen LogP contribution in [-0.2, 0) is 6.54 Å². The van der Waals surface area contributed by atoms with Crippen LogP contribution < -0.4 is 5.32 Å². The molecule has 1 aromatic heterocycles. The van der Waals surface area contributed by atoms with Crippen molar-refractivity contribution in [3.63, 3.8) is 0 Å². The van der Waals surface area contributed by atoms with E-state index in [9.17, 15) is 0 Å². The van der Waals surface area contributed by atoms with Gasteiger partial charge in [0, 0.05) is 18.8 Å². The molecular weight excluding hydrogens is 210 g/mol. The average molecular weight is 235 g/mol. The van der Waals surface area contributed by atoms with Crippen molar-refractivity contribution in [3.05, 3.63) is 11.9 Å². The summed E-state index contributed by atoms with van der Waals surface area (Å²) in [6.45, 7) is 7.60. The summed E-state index contributed by atoms with van der Waals surface area (Å²) in [7, 11) is 0. The molecule has 3 nitrogen and oxygen atoms in total. The largest absolute Gasteiger partial charge is 0.353 e. The van der Waals surface area contributed by atoms with E-state index in [0.717, 1.165) is 30.5 Å². The number of aryl methyl sites for hydroxylation is 2. The maximum absolute atomic E-state index is 4.60. The van der Waals surface area contributed by atoms with Crippen molar-refractivity contribution >= 4 is 5.95 Å². The van der Waals surface area contributed by atoms with Gasteiger partial charge in [0.25, 0.3) is 0 Å². The summed E-state index contributed by atoms with van der Waals surface area (Å²) >= 11 is 0. The third-order valence-electron chi connectivity index (χ3n) is 3.50. The molecule has 1 heterocycles. The molecule has 0 aromatic carbocycles. The smallest absolute Gasteiger partial charge is 0.203 e. The van der Waals surface area contributed by atoms with Gasteiger partial charge in [-0.25, -0.2) is 4.98 Å². The first-order valence-corrected chi connectivity index (χ1v) is 7.03. The van der Waals surface area contributed by atoms with Gasteiger partial charge in [0.05, 0.1) is 5.69 Å². The lowest BCUT2D eigenvalue weighted by molar-refractivity contribution is 0.574. The molecule has 1 aliphatic rings. The lowest BCUT2D eigenvalue weighted by atomic mass is 10.1. The molecule has 1 aromatic rings. The fraction of sp³-hybridized carbons (Fsp3) is 0.786. The second kappa shape index (κ2) is 5.56. The lowest BCUT2D eigenvalue weighted by Gasteiger charge is -2.18. The highest BCUT2D eigenvalue weighted by Crippen LogP contribution is 2.34. The van der Waals surface area contributed by atoms with E-state index in [0.29, 0.717) is 6.04 Å². The fourth-order valence-corrected chi connectivity index (χ4v) is 2.34. The van der Waals surface area contributed by atoms with Gasteiger partial charge < -0.3 is 9.88 Å². The Kier molecular flexibility index (Phi) is 4.08. The predicted octanol–water partition coefficient (Wildman–Crippen LogP) is 3.59. The molecule has 1 unspecified atom stereocenters. The predicted molar refractivity (Wildman–Crippen MR) is 72.3 cm³/mol.